The van der Waals surface area contributed by atoms with E-state index in [1.807, 2.05) is 0 Å². The predicted molar refractivity (Wildman–Crippen MR) is 168 cm³/mol. The molecule has 0 radical (unpaired) electrons. The van der Waals surface area contributed by atoms with Gasteiger partial charge in [-0.15, -0.1) is 5.10 Å². The third kappa shape index (κ3) is 8.73. The number of rotatable bonds is 16. The van der Waals surface area contributed by atoms with E-state index >= 15 is 0 Å². The SMILES string of the molecule is NC(=O)c1ccc[n+]([C@@H]2O[C@H](COP(=O)(O)OP(=O)(O)OC[C@H]3O[C@@H](n4cnc5c(NCc6cn(CCF)nn6)ncnc54)[C@H](O)[C@@H]3O)[C@@H](O)[C@H]2O)c1. The average molecular weight is 792 g/mol. The molecule has 0 aliphatic carbocycles. The molecule has 10 atom stereocenters. The van der Waals surface area contributed by atoms with Gasteiger partial charge in [-0.3, -0.25) is 18.4 Å². The van der Waals surface area contributed by atoms with E-state index in [1.54, 1.807) is 6.20 Å². The Bertz CT molecular complexity index is 2030. The molecular weight excluding hydrogens is 757 g/mol. The summed E-state index contributed by atoms with van der Waals surface area (Å²) in [6.45, 7) is -2.27. The van der Waals surface area contributed by atoms with Crippen LogP contribution in [0.5, 0.6) is 0 Å². The van der Waals surface area contributed by atoms with E-state index in [4.69, 9.17) is 24.3 Å². The zero-order chi connectivity index (χ0) is 38.1. The number of alkyl halides is 1. The van der Waals surface area contributed by atoms with Gasteiger partial charge in [0.05, 0.1) is 38.8 Å². The quantitative estimate of drug-likeness (QED) is 0.0432. The number of amides is 1. The number of anilines is 1. The first-order valence-electron chi connectivity index (χ1n) is 15.5. The fourth-order valence-corrected chi connectivity index (χ4v) is 7.57. The van der Waals surface area contributed by atoms with Crippen molar-refractivity contribution in [2.24, 2.45) is 5.73 Å². The summed E-state index contributed by atoms with van der Waals surface area (Å²) in [5.74, 6) is -0.515. The number of hydrogen-bond acceptors (Lipinski definition) is 18. The first kappa shape index (κ1) is 38.8. The summed E-state index contributed by atoms with van der Waals surface area (Å²) in [5, 5.41) is 53.0. The second kappa shape index (κ2) is 15.8. The Morgan fingerprint density at radius 2 is 1.72 bits per heavy atom. The molecule has 2 aliphatic rings. The van der Waals surface area contributed by atoms with Crippen molar-refractivity contribution in [3.8, 4) is 0 Å². The summed E-state index contributed by atoms with van der Waals surface area (Å²) in [7, 11) is -10.8. The van der Waals surface area contributed by atoms with Gasteiger partial charge in [-0.25, -0.2) is 33.2 Å². The largest absolute Gasteiger partial charge is 0.481 e. The monoisotopic (exact) mass is 791 g/mol. The number of pyridine rings is 1. The van der Waals surface area contributed by atoms with E-state index in [9.17, 15) is 48.5 Å². The number of carbonyl (C=O) groups is 1. The second-order valence-corrected chi connectivity index (χ2v) is 14.7. The molecule has 0 aromatic carbocycles. The fourth-order valence-electron chi connectivity index (χ4n) is 5.48. The number of imidazole rings is 1. The van der Waals surface area contributed by atoms with Gasteiger partial charge in [-0.2, -0.15) is 8.88 Å². The van der Waals surface area contributed by atoms with Crippen LogP contribution in [0.4, 0.5) is 10.2 Å². The number of primary amides is 1. The molecule has 27 heteroatoms. The highest BCUT2D eigenvalue weighted by Gasteiger charge is 2.50. The average Bonchev–Trinajstić information content (AvgIpc) is 3.88. The minimum atomic E-state index is -5.43. The first-order chi connectivity index (χ1) is 25.2. The molecule has 2 aliphatic heterocycles. The van der Waals surface area contributed by atoms with E-state index in [0.29, 0.717) is 5.69 Å². The molecule has 53 heavy (non-hydrogen) atoms. The molecule has 0 bridgehead atoms. The number of nitrogens with zero attached hydrogens (tertiary/aromatic N) is 8. The molecule has 288 valence electrons. The van der Waals surface area contributed by atoms with Crippen LogP contribution in [0.2, 0.25) is 0 Å². The number of phosphoric ester groups is 2. The van der Waals surface area contributed by atoms with Gasteiger partial charge in [0.15, 0.2) is 41.7 Å². The lowest BCUT2D eigenvalue weighted by molar-refractivity contribution is -0.765. The Kier molecular flexibility index (Phi) is 11.6. The van der Waals surface area contributed by atoms with E-state index < -0.39 is 90.5 Å². The van der Waals surface area contributed by atoms with E-state index in [-0.39, 0.29) is 35.6 Å². The van der Waals surface area contributed by atoms with Crippen molar-refractivity contribution in [1.82, 2.24) is 34.5 Å². The summed E-state index contributed by atoms with van der Waals surface area (Å²) in [5.41, 5.74) is 6.20. The molecule has 4 aromatic rings. The molecular formula is C26H34FN10O14P2+. The maximum Gasteiger partial charge on any atom is 0.481 e. The third-order valence-corrected chi connectivity index (χ3v) is 10.7. The maximum absolute atomic E-state index is 12.6. The number of aryl methyl sites for hydroxylation is 1. The normalized spacial score (nSPS) is 28.2. The van der Waals surface area contributed by atoms with Gasteiger partial charge in [0.1, 0.15) is 54.8 Å². The number of halogens is 1. The molecule has 1 amide bonds. The van der Waals surface area contributed by atoms with Crippen LogP contribution in [0.1, 0.15) is 28.5 Å². The van der Waals surface area contributed by atoms with Gasteiger partial charge in [-0.1, -0.05) is 5.21 Å². The topological polar surface area (TPSA) is 335 Å². The lowest BCUT2D eigenvalue weighted by Crippen LogP contribution is -2.46. The van der Waals surface area contributed by atoms with Gasteiger partial charge in [0.25, 0.3) is 12.1 Å². The number of aliphatic hydroxyl groups is 4. The Balaban J connectivity index is 1.03. The van der Waals surface area contributed by atoms with Gasteiger partial charge in [0.2, 0.25) is 0 Å². The molecule has 2 saturated heterocycles. The summed E-state index contributed by atoms with van der Waals surface area (Å²) < 4.78 is 66.6. The highest BCUT2D eigenvalue weighted by molar-refractivity contribution is 7.61. The molecule has 6 heterocycles. The van der Waals surface area contributed by atoms with Crippen LogP contribution < -0.4 is 15.6 Å². The lowest BCUT2D eigenvalue weighted by atomic mass is 10.1. The standard InChI is InChI=1S/C26H33FN10O14P2/c27-3-5-36-8-14(33-34-36)6-29-23-17-24(31-11-30-23)37(12-32-17)26-21(41)19(39)16(50-26)10-48-53(45,46)51-52(43,44)47-9-15-18(38)20(40)25(49-15)35-4-1-2-13(7-35)22(28)42/h1-2,4,7-8,11-12,15-16,18-21,25-26,38-41H,3,5-6,9-10H2,(H4-,28,29,30,31,42,43,44,45,46)/p+1/t15-,16-,18-,19-,20-,21-,25-,26-/m1/s1. The Morgan fingerprint density at radius 1 is 1.02 bits per heavy atom. The van der Waals surface area contributed by atoms with Crippen molar-refractivity contribution in [2.45, 2.75) is 62.2 Å². The van der Waals surface area contributed by atoms with Crippen LogP contribution in [0, 0.1) is 0 Å². The van der Waals surface area contributed by atoms with Crippen molar-refractivity contribution in [3.05, 3.63) is 54.6 Å². The number of aromatic nitrogens is 8. The van der Waals surface area contributed by atoms with Crippen LogP contribution in [0.15, 0.2) is 43.4 Å². The van der Waals surface area contributed by atoms with Gasteiger partial charge < -0.3 is 50.7 Å². The van der Waals surface area contributed by atoms with Crippen LogP contribution in [0.3, 0.4) is 0 Å². The predicted octanol–water partition coefficient (Wildman–Crippen LogP) is -2.42. The molecule has 9 N–H and O–H groups in total. The Morgan fingerprint density at radius 3 is 2.42 bits per heavy atom. The fraction of sp³-hybridized carbons (Fsp3) is 0.500. The highest BCUT2D eigenvalue weighted by Crippen LogP contribution is 2.60. The zero-order valence-corrected chi connectivity index (χ0v) is 28.9. The van der Waals surface area contributed by atoms with Crippen molar-refractivity contribution in [1.29, 1.82) is 0 Å². The van der Waals surface area contributed by atoms with Crippen LogP contribution in [-0.4, -0.2) is 127 Å². The molecule has 2 unspecified atom stereocenters. The van der Waals surface area contributed by atoms with Crippen LogP contribution in [0.25, 0.3) is 11.2 Å². The number of fused-ring (bicyclic) bond motifs is 1. The van der Waals surface area contributed by atoms with E-state index in [1.165, 1.54) is 51.0 Å². The maximum atomic E-state index is 12.6. The molecule has 24 nitrogen and oxygen atoms in total. The van der Waals surface area contributed by atoms with E-state index in [2.05, 4.69) is 34.9 Å². The highest BCUT2D eigenvalue weighted by atomic mass is 31.3. The van der Waals surface area contributed by atoms with Gasteiger partial charge in [-0.05, 0) is 6.07 Å². The third-order valence-electron chi connectivity index (χ3n) is 8.05. The minimum Gasteiger partial charge on any atom is -0.387 e. The Labute approximate surface area is 296 Å². The Hall–Kier alpha value is -3.94. The molecule has 0 spiro atoms. The van der Waals surface area contributed by atoms with Crippen molar-refractivity contribution in [3.63, 3.8) is 0 Å². The number of aliphatic hydroxyl groups excluding tert-OH is 4. The summed E-state index contributed by atoms with van der Waals surface area (Å²) >= 11 is 0. The number of phosphoric acid groups is 2. The number of carbonyl (C=O) groups excluding carboxylic acids is 1. The van der Waals surface area contributed by atoms with Gasteiger partial charge in [0, 0.05) is 6.07 Å². The number of hydrogen-bond donors (Lipinski definition) is 8. The summed E-state index contributed by atoms with van der Waals surface area (Å²) in [6.07, 6.45) is -5.53. The zero-order valence-electron chi connectivity index (χ0n) is 27.1. The number of nitrogens with one attached hydrogen (secondary N) is 1. The second-order valence-electron chi connectivity index (χ2n) is 11.7. The van der Waals surface area contributed by atoms with Crippen LogP contribution >= 0.6 is 15.6 Å². The molecule has 6 rings (SSSR count). The molecule has 4 aromatic heterocycles. The van der Waals surface area contributed by atoms with Gasteiger partial charge >= 0.3 is 15.6 Å². The summed E-state index contributed by atoms with van der Waals surface area (Å²) in [6, 6.07) is 2.83. The lowest BCUT2D eigenvalue weighted by Gasteiger charge is -2.20. The van der Waals surface area contributed by atoms with Crippen LogP contribution in [-0.2, 0) is 45.1 Å². The molecule has 2 fully saturated rings. The first-order valence-corrected chi connectivity index (χ1v) is 18.5. The minimum absolute atomic E-state index is 0.0460. The van der Waals surface area contributed by atoms with Crippen molar-refractivity contribution >= 4 is 38.5 Å². The van der Waals surface area contributed by atoms with Crippen molar-refractivity contribution in [2.75, 3.05) is 25.2 Å². The smallest absolute Gasteiger partial charge is 0.387 e. The summed E-state index contributed by atoms with van der Waals surface area (Å²) in [4.78, 5) is 44.3. The number of ether oxygens (including phenoxy) is 2. The number of nitrogens with two attached hydrogens (primary N) is 1. The van der Waals surface area contributed by atoms with Crippen molar-refractivity contribution < 1.29 is 75.9 Å². The molecule has 0 saturated carbocycles. The van der Waals surface area contributed by atoms with E-state index in [0.717, 1.165) is 0 Å².